The number of aromatic nitrogens is 1. The molecule has 0 aliphatic heterocycles. The van der Waals surface area contributed by atoms with Crippen LogP contribution in [-0.2, 0) is 6.54 Å². The van der Waals surface area contributed by atoms with Crippen LogP contribution in [0.1, 0.15) is 16.1 Å². The minimum absolute atomic E-state index is 0.0917. The Morgan fingerprint density at radius 1 is 1.37 bits per heavy atom. The van der Waals surface area contributed by atoms with Crippen molar-refractivity contribution in [2.24, 2.45) is 0 Å². The molecular formula is C13H9BrClFN2O. The van der Waals surface area contributed by atoms with Crippen LogP contribution < -0.4 is 5.32 Å². The van der Waals surface area contributed by atoms with Gasteiger partial charge in [0.2, 0.25) is 0 Å². The number of benzene rings is 1. The molecule has 3 nitrogen and oxygen atoms in total. The summed E-state index contributed by atoms with van der Waals surface area (Å²) >= 11 is 8.93. The van der Waals surface area contributed by atoms with E-state index in [1.807, 2.05) is 0 Å². The van der Waals surface area contributed by atoms with Crippen LogP contribution in [0.4, 0.5) is 4.39 Å². The van der Waals surface area contributed by atoms with Gasteiger partial charge in [0.05, 0.1) is 5.02 Å². The zero-order chi connectivity index (χ0) is 13.8. The average Bonchev–Trinajstić information content (AvgIpc) is 2.40. The first kappa shape index (κ1) is 14.0. The van der Waals surface area contributed by atoms with Crippen molar-refractivity contribution in [2.75, 3.05) is 0 Å². The Labute approximate surface area is 122 Å². The lowest BCUT2D eigenvalue weighted by Crippen LogP contribution is -2.24. The van der Waals surface area contributed by atoms with Gasteiger partial charge in [-0.25, -0.2) is 9.37 Å². The lowest BCUT2D eigenvalue weighted by Gasteiger charge is -2.06. The minimum atomic E-state index is -0.379. The van der Waals surface area contributed by atoms with Crippen LogP contribution in [0.25, 0.3) is 0 Å². The van der Waals surface area contributed by atoms with Crippen molar-refractivity contribution in [3.63, 3.8) is 0 Å². The molecule has 2 aromatic rings. The van der Waals surface area contributed by atoms with Crippen LogP contribution in [0.2, 0.25) is 5.02 Å². The standard InChI is InChI=1S/C13H9BrClFN2O/c14-9-1-3-11(16)8(5-9)6-18-13(19)12-4-2-10(15)7-17-12/h1-5,7H,6H2,(H,18,19). The number of halogens is 3. The molecule has 0 saturated carbocycles. The maximum atomic E-state index is 13.5. The van der Waals surface area contributed by atoms with Crippen molar-refractivity contribution >= 4 is 33.4 Å². The Balaban J connectivity index is 2.04. The summed E-state index contributed by atoms with van der Waals surface area (Å²) in [6.07, 6.45) is 1.39. The van der Waals surface area contributed by atoms with Gasteiger partial charge in [-0.3, -0.25) is 4.79 Å². The first-order valence-electron chi connectivity index (χ1n) is 5.40. The van der Waals surface area contributed by atoms with Crippen molar-refractivity contribution in [1.29, 1.82) is 0 Å². The van der Waals surface area contributed by atoms with Gasteiger partial charge in [0.15, 0.2) is 0 Å². The summed E-state index contributed by atoms with van der Waals surface area (Å²) in [4.78, 5) is 15.7. The van der Waals surface area contributed by atoms with Crippen molar-refractivity contribution in [1.82, 2.24) is 10.3 Å². The molecule has 6 heteroatoms. The Hall–Kier alpha value is -1.46. The van der Waals surface area contributed by atoms with Crippen molar-refractivity contribution in [3.05, 3.63) is 63.1 Å². The lowest BCUT2D eigenvalue weighted by molar-refractivity contribution is 0.0945. The summed E-state index contributed by atoms with van der Waals surface area (Å²) in [6.45, 7) is 0.0917. The Morgan fingerprint density at radius 2 is 2.16 bits per heavy atom. The number of carbonyl (C=O) groups excluding carboxylic acids is 1. The van der Waals surface area contributed by atoms with E-state index >= 15 is 0 Å². The third-order valence-corrected chi connectivity index (χ3v) is 3.12. The molecule has 1 aromatic carbocycles. The number of pyridine rings is 1. The largest absolute Gasteiger partial charge is 0.347 e. The van der Waals surface area contributed by atoms with Gasteiger partial charge in [-0.1, -0.05) is 27.5 Å². The van der Waals surface area contributed by atoms with E-state index in [2.05, 4.69) is 26.2 Å². The lowest BCUT2D eigenvalue weighted by atomic mass is 10.2. The van der Waals surface area contributed by atoms with Gasteiger partial charge in [-0.05, 0) is 30.3 Å². The highest BCUT2D eigenvalue weighted by Crippen LogP contribution is 2.15. The molecule has 1 N–H and O–H groups in total. The molecule has 0 spiro atoms. The molecule has 0 aliphatic rings. The molecule has 0 atom stereocenters. The van der Waals surface area contributed by atoms with Gasteiger partial charge in [0.25, 0.3) is 5.91 Å². The molecule has 0 fully saturated rings. The van der Waals surface area contributed by atoms with Crippen molar-refractivity contribution < 1.29 is 9.18 Å². The highest BCUT2D eigenvalue weighted by molar-refractivity contribution is 9.10. The fraction of sp³-hybridized carbons (Fsp3) is 0.0769. The smallest absolute Gasteiger partial charge is 0.270 e. The van der Waals surface area contributed by atoms with Crippen LogP contribution in [0.3, 0.4) is 0 Å². The summed E-state index contributed by atoms with van der Waals surface area (Å²) < 4.78 is 14.2. The second kappa shape index (κ2) is 6.12. The molecule has 0 bridgehead atoms. The predicted molar refractivity (Wildman–Crippen MR) is 74.5 cm³/mol. The molecule has 0 saturated heterocycles. The SMILES string of the molecule is O=C(NCc1cc(Br)ccc1F)c1ccc(Cl)cn1. The number of amides is 1. The van der Waals surface area contributed by atoms with Crippen LogP contribution in [0.15, 0.2) is 41.0 Å². The highest BCUT2D eigenvalue weighted by atomic mass is 79.9. The highest BCUT2D eigenvalue weighted by Gasteiger charge is 2.08. The second-order valence-electron chi connectivity index (χ2n) is 3.78. The van der Waals surface area contributed by atoms with Crippen LogP contribution in [0.5, 0.6) is 0 Å². The van der Waals surface area contributed by atoms with E-state index in [0.29, 0.717) is 10.6 Å². The minimum Gasteiger partial charge on any atom is -0.347 e. The summed E-state index contributed by atoms with van der Waals surface area (Å²) in [5, 5.41) is 3.05. The number of rotatable bonds is 3. The molecule has 19 heavy (non-hydrogen) atoms. The second-order valence-corrected chi connectivity index (χ2v) is 5.13. The molecule has 98 valence electrons. The molecule has 0 radical (unpaired) electrons. The molecule has 1 aromatic heterocycles. The van der Waals surface area contributed by atoms with E-state index in [-0.39, 0.29) is 24.0 Å². The quantitative estimate of drug-likeness (QED) is 0.926. The van der Waals surface area contributed by atoms with Gasteiger partial charge in [0.1, 0.15) is 11.5 Å². The number of hydrogen-bond acceptors (Lipinski definition) is 2. The summed E-state index contributed by atoms with van der Waals surface area (Å²) in [5.74, 6) is -0.747. The summed E-state index contributed by atoms with van der Waals surface area (Å²) in [7, 11) is 0. The van der Waals surface area contributed by atoms with Gasteiger partial charge >= 0.3 is 0 Å². The van der Waals surface area contributed by atoms with Crippen LogP contribution in [-0.4, -0.2) is 10.9 Å². The molecule has 1 amide bonds. The Morgan fingerprint density at radius 3 is 2.84 bits per heavy atom. The van der Waals surface area contributed by atoms with Crippen LogP contribution in [0, 0.1) is 5.82 Å². The third kappa shape index (κ3) is 3.75. The summed E-state index contributed by atoms with van der Waals surface area (Å²) in [5.41, 5.74) is 0.636. The molecule has 0 unspecified atom stereocenters. The first-order valence-corrected chi connectivity index (χ1v) is 6.57. The molecule has 0 aliphatic carbocycles. The number of carbonyl (C=O) groups is 1. The number of nitrogens with one attached hydrogen (secondary N) is 1. The third-order valence-electron chi connectivity index (χ3n) is 2.41. The zero-order valence-electron chi connectivity index (χ0n) is 9.66. The van der Waals surface area contributed by atoms with Gasteiger partial charge in [0, 0.05) is 22.8 Å². The number of nitrogens with zero attached hydrogens (tertiary/aromatic N) is 1. The molecule has 2 rings (SSSR count). The van der Waals surface area contributed by atoms with Gasteiger partial charge in [-0.2, -0.15) is 0 Å². The molecular weight excluding hydrogens is 335 g/mol. The van der Waals surface area contributed by atoms with E-state index < -0.39 is 0 Å². The van der Waals surface area contributed by atoms with E-state index in [0.717, 1.165) is 4.47 Å². The summed E-state index contributed by atoms with van der Waals surface area (Å²) in [6, 6.07) is 7.64. The van der Waals surface area contributed by atoms with E-state index in [9.17, 15) is 9.18 Å². The molecule has 1 heterocycles. The van der Waals surface area contributed by atoms with Gasteiger partial charge < -0.3 is 5.32 Å². The topological polar surface area (TPSA) is 42.0 Å². The zero-order valence-corrected chi connectivity index (χ0v) is 12.0. The monoisotopic (exact) mass is 342 g/mol. The van der Waals surface area contributed by atoms with E-state index in [1.165, 1.54) is 18.3 Å². The van der Waals surface area contributed by atoms with Gasteiger partial charge in [-0.15, -0.1) is 0 Å². The fourth-order valence-electron chi connectivity index (χ4n) is 1.45. The van der Waals surface area contributed by atoms with Crippen molar-refractivity contribution in [2.45, 2.75) is 6.54 Å². The van der Waals surface area contributed by atoms with E-state index in [4.69, 9.17) is 11.6 Å². The maximum absolute atomic E-state index is 13.5. The first-order chi connectivity index (χ1) is 9.06. The predicted octanol–water partition coefficient (Wildman–Crippen LogP) is 3.57. The fourth-order valence-corrected chi connectivity index (χ4v) is 1.98. The number of hydrogen-bond donors (Lipinski definition) is 1. The van der Waals surface area contributed by atoms with Crippen molar-refractivity contribution in [3.8, 4) is 0 Å². The Bertz CT molecular complexity index is 604. The van der Waals surface area contributed by atoms with E-state index in [1.54, 1.807) is 18.2 Å². The van der Waals surface area contributed by atoms with Crippen LogP contribution >= 0.6 is 27.5 Å². The maximum Gasteiger partial charge on any atom is 0.270 e. The average molecular weight is 344 g/mol. The Kier molecular flexibility index (Phi) is 4.50. The normalized spacial score (nSPS) is 10.3.